The number of hydrogen-bond donors (Lipinski definition) is 0. The summed E-state index contributed by atoms with van der Waals surface area (Å²) in [6.45, 7) is 0.179. The van der Waals surface area contributed by atoms with Crippen LogP contribution in [0.15, 0.2) is 0 Å². The molecule has 0 amide bonds. The fourth-order valence-electron chi connectivity index (χ4n) is 1.30. The van der Waals surface area contributed by atoms with Crippen LogP contribution in [0.4, 0.5) is 0 Å². The first-order valence-corrected chi connectivity index (χ1v) is 3.67. The van der Waals surface area contributed by atoms with Gasteiger partial charge in [0.05, 0.1) is 11.5 Å². The first kappa shape index (κ1) is 8.69. The summed E-state index contributed by atoms with van der Waals surface area (Å²) in [6, 6.07) is 0. The van der Waals surface area contributed by atoms with E-state index in [0.29, 0.717) is 17.9 Å². The van der Waals surface area contributed by atoms with Gasteiger partial charge in [-0.3, -0.25) is 10.1 Å². The Morgan fingerprint density at radius 3 is 2.33 bits per heavy atom. The third-order valence-electron chi connectivity index (χ3n) is 1.90. The van der Waals surface area contributed by atoms with Crippen molar-refractivity contribution in [2.45, 2.75) is 25.4 Å². The third-order valence-corrected chi connectivity index (χ3v) is 1.90. The minimum Gasteiger partial charge on any atom is -0.262 e. The van der Waals surface area contributed by atoms with Gasteiger partial charge in [0.25, 0.3) is 0 Å². The van der Waals surface area contributed by atoms with E-state index in [1.165, 1.54) is 0 Å². The van der Waals surface area contributed by atoms with Crippen molar-refractivity contribution in [3.8, 4) is 0 Å². The van der Waals surface area contributed by atoms with Crippen molar-refractivity contribution >= 4 is 0 Å². The Labute approximate surface area is 68.2 Å². The highest BCUT2D eigenvalue weighted by molar-refractivity contribution is 4.61. The molecule has 0 aromatic rings. The average Bonchev–Trinajstić information content (AvgIpc) is 2.04. The molecule has 0 radical (unpaired) electrons. The highest BCUT2D eigenvalue weighted by Gasteiger charge is 2.38. The van der Waals surface area contributed by atoms with E-state index in [4.69, 9.17) is 0 Å². The molecule has 12 heavy (non-hydrogen) atoms. The van der Waals surface area contributed by atoms with E-state index in [2.05, 4.69) is 0 Å². The monoisotopic (exact) mass is 175 g/mol. The SMILES string of the molecule is O=[N+]([O-])C1CCCCN1[N+](=O)[O-]. The summed E-state index contributed by atoms with van der Waals surface area (Å²) in [5.74, 6) is 0. The smallest absolute Gasteiger partial charge is 0.262 e. The fourth-order valence-corrected chi connectivity index (χ4v) is 1.30. The molecule has 1 atom stereocenters. The molecular formula is C5H9N3O4. The van der Waals surface area contributed by atoms with Crippen LogP contribution in [0.5, 0.6) is 0 Å². The van der Waals surface area contributed by atoms with Gasteiger partial charge in [-0.15, -0.1) is 0 Å². The summed E-state index contributed by atoms with van der Waals surface area (Å²) in [5, 5.41) is 20.6. The van der Waals surface area contributed by atoms with Crippen LogP contribution >= 0.6 is 0 Å². The van der Waals surface area contributed by atoms with Crippen LogP contribution in [-0.4, -0.2) is 27.7 Å². The molecule has 1 rings (SSSR count). The molecular weight excluding hydrogens is 166 g/mol. The van der Waals surface area contributed by atoms with Crippen LogP contribution in [-0.2, 0) is 0 Å². The molecule has 1 aliphatic rings. The highest BCUT2D eigenvalue weighted by Crippen LogP contribution is 2.16. The van der Waals surface area contributed by atoms with E-state index in [1.807, 2.05) is 0 Å². The van der Waals surface area contributed by atoms with Crippen molar-refractivity contribution in [1.82, 2.24) is 5.01 Å². The van der Waals surface area contributed by atoms with Gasteiger partial charge in [-0.2, -0.15) is 0 Å². The van der Waals surface area contributed by atoms with Gasteiger partial charge >= 0.3 is 6.17 Å². The van der Waals surface area contributed by atoms with Crippen molar-refractivity contribution in [2.24, 2.45) is 0 Å². The maximum Gasteiger partial charge on any atom is 0.336 e. The predicted molar refractivity (Wildman–Crippen MR) is 38.3 cm³/mol. The lowest BCUT2D eigenvalue weighted by atomic mass is 10.1. The third kappa shape index (κ3) is 1.60. The van der Waals surface area contributed by atoms with Gasteiger partial charge in [0.1, 0.15) is 0 Å². The normalized spacial score (nSPS) is 23.7. The molecule has 0 N–H and O–H groups in total. The molecule has 0 saturated carbocycles. The van der Waals surface area contributed by atoms with Gasteiger partial charge in [-0.25, -0.2) is 10.1 Å². The lowest BCUT2D eigenvalue weighted by Crippen LogP contribution is -2.47. The maximum absolute atomic E-state index is 10.3. The molecule has 1 saturated heterocycles. The number of nitrogens with zero attached hydrogens (tertiary/aromatic N) is 3. The molecule has 0 bridgehead atoms. The maximum atomic E-state index is 10.3. The van der Waals surface area contributed by atoms with Crippen LogP contribution in [0.3, 0.4) is 0 Å². The molecule has 68 valence electrons. The fraction of sp³-hybridized carbons (Fsp3) is 1.00. The van der Waals surface area contributed by atoms with Gasteiger partial charge < -0.3 is 0 Å². The largest absolute Gasteiger partial charge is 0.336 e. The van der Waals surface area contributed by atoms with Gasteiger partial charge in [0.2, 0.25) is 0 Å². The van der Waals surface area contributed by atoms with Gasteiger partial charge in [0, 0.05) is 6.42 Å². The molecule has 1 fully saturated rings. The summed E-state index contributed by atoms with van der Waals surface area (Å²) < 4.78 is 0. The van der Waals surface area contributed by atoms with Crippen molar-refractivity contribution in [3.63, 3.8) is 0 Å². The van der Waals surface area contributed by atoms with E-state index in [-0.39, 0.29) is 13.0 Å². The molecule has 0 spiro atoms. The van der Waals surface area contributed by atoms with Crippen molar-refractivity contribution in [1.29, 1.82) is 0 Å². The summed E-state index contributed by atoms with van der Waals surface area (Å²) in [6.07, 6.45) is 0.490. The van der Waals surface area contributed by atoms with Crippen molar-refractivity contribution < 1.29 is 9.96 Å². The second kappa shape index (κ2) is 3.33. The highest BCUT2D eigenvalue weighted by atomic mass is 16.7. The van der Waals surface area contributed by atoms with Crippen molar-refractivity contribution in [2.75, 3.05) is 6.54 Å². The summed E-state index contributed by atoms with van der Waals surface area (Å²) >= 11 is 0. The lowest BCUT2D eigenvalue weighted by Gasteiger charge is -2.21. The van der Waals surface area contributed by atoms with E-state index in [9.17, 15) is 20.2 Å². The minimum atomic E-state index is -1.13. The molecule has 7 nitrogen and oxygen atoms in total. The van der Waals surface area contributed by atoms with E-state index < -0.39 is 16.1 Å². The average molecular weight is 175 g/mol. The number of nitro groups is 2. The first-order valence-electron chi connectivity index (χ1n) is 3.67. The van der Waals surface area contributed by atoms with Crippen LogP contribution < -0.4 is 0 Å². The van der Waals surface area contributed by atoms with E-state index in [0.717, 1.165) is 0 Å². The predicted octanol–water partition coefficient (Wildman–Crippen LogP) is 0.267. The quantitative estimate of drug-likeness (QED) is 0.443. The number of piperidine rings is 1. The molecule has 1 heterocycles. The second-order valence-corrected chi connectivity index (χ2v) is 2.66. The molecule has 0 aliphatic carbocycles. The lowest BCUT2D eigenvalue weighted by molar-refractivity contribution is -0.734. The summed E-state index contributed by atoms with van der Waals surface area (Å²) in [7, 11) is 0. The minimum absolute atomic E-state index is 0.179. The molecule has 0 aromatic carbocycles. The molecule has 1 unspecified atom stereocenters. The first-order chi connectivity index (χ1) is 5.63. The molecule has 1 aliphatic heterocycles. The van der Waals surface area contributed by atoms with Crippen molar-refractivity contribution in [3.05, 3.63) is 20.2 Å². The Bertz CT molecular complexity index is 185. The van der Waals surface area contributed by atoms with E-state index >= 15 is 0 Å². The van der Waals surface area contributed by atoms with Gasteiger partial charge in [0.15, 0.2) is 5.03 Å². The zero-order valence-corrected chi connectivity index (χ0v) is 6.38. The Morgan fingerprint density at radius 2 is 1.92 bits per heavy atom. The summed E-state index contributed by atoms with van der Waals surface area (Å²) in [5.41, 5.74) is 0. The number of hydrogen-bond acceptors (Lipinski definition) is 4. The number of hydrazine groups is 1. The Morgan fingerprint density at radius 1 is 1.25 bits per heavy atom. The topological polar surface area (TPSA) is 89.5 Å². The van der Waals surface area contributed by atoms with Crippen LogP contribution in [0.2, 0.25) is 0 Å². The van der Waals surface area contributed by atoms with Crippen LogP contribution in [0.25, 0.3) is 0 Å². The Kier molecular flexibility index (Phi) is 2.41. The zero-order chi connectivity index (χ0) is 9.14. The van der Waals surface area contributed by atoms with Gasteiger partial charge in [-0.05, 0) is 12.8 Å². The molecule has 0 aromatic heterocycles. The summed E-state index contributed by atoms with van der Waals surface area (Å²) in [4.78, 5) is 20.0. The zero-order valence-electron chi connectivity index (χ0n) is 6.38. The van der Waals surface area contributed by atoms with E-state index in [1.54, 1.807) is 0 Å². The molecule has 7 heteroatoms. The Hall–Kier alpha value is -1.40. The van der Waals surface area contributed by atoms with Crippen LogP contribution in [0, 0.1) is 20.2 Å². The van der Waals surface area contributed by atoms with Gasteiger partial charge in [-0.1, -0.05) is 5.01 Å². The standard InChI is InChI=1S/C5H9N3O4/c9-7(10)5-3-1-2-4-6(5)8(11)12/h5H,1-4H2. The Balaban J connectivity index is 2.67. The number of rotatable bonds is 2. The van der Waals surface area contributed by atoms with Crippen LogP contribution in [0.1, 0.15) is 19.3 Å². The second-order valence-electron chi connectivity index (χ2n) is 2.66.